The van der Waals surface area contributed by atoms with Crippen LogP contribution in [0.1, 0.15) is 13.8 Å². The van der Waals surface area contributed by atoms with E-state index < -0.39 is 0 Å². The van der Waals surface area contributed by atoms with Gasteiger partial charge in [-0.25, -0.2) is 0 Å². The van der Waals surface area contributed by atoms with Gasteiger partial charge in [-0.05, 0) is 26.0 Å². The number of rotatable bonds is 1. The van der Waals surface area contributed by atoms with Gasteiger partial charge in [0.25, 0.3) is 0 Å². The summed E-state index contributed by atoms with van der Waals surface area (Å²) in [7, 11) is 0. The molecule has 5 heteroatoms. The predicted octanol–water partition coefficient (Wildman–Crippen LogP) is 3.00. The summed E-state index contributed by atoms with van der Waals surface area (Å²) in [5.41, 5.74) is 2.05. The van der Waals surface area contributed by atoms with Crippen LogP contribution in [0.15, 0.2) is 35.2 Å². The lowest BCUT2D eigenvalue weighted by Gasteiger charge is -2.40. The van der Waals surface area contributed by atoms with Crippen molar-refractivity contribution in [2.75, 3.05) is 23.7 Å². The molecular weight excluding hydrogens is 262 g/mol. The molecule has 0 radical (unpaired) electrons. The number of anilines is 2. The first-order valence-electron chi connectivity index (χ1n) is 6.56. The highest BCUT2D eigenvalue weighted by Crippen LogP contribution is 2.32. The molecule has 2 heterocycles. The third-order valence-electron chi connectivity index (χ3n) is 3.37. The van der Waals surface area contributed by atoms with Gasteiger partial charge in [-0.3, -0.25) is 0 Å². The van der Waals surface area contributed by atoms with Crippen LogP contribution in [-0.4, -0.2) is 30.2 Å². The molecular formula is C14H18ClN3O. The molecule has 2 aliphatic heterocycles. The van der Waals surface area contributed by atoms with E-state index in [0.29, 0.717) is 5.16 Å². The summed E-state index contributed by atoms with van der Waals surface area (Å²) >= 11 is 6.36. The van der Waals surface area contributed by atoms with Gasteiger partial charge in [-0.1, -0.05) is 23.7 Å². The number of nitrogens with zero attached hydrogens (tertiary/aromatic N) is 1. The molecule has 2 atom stereocenters. The van der Waals surface area contributed by atoms with E-state index in [9.17, 15) is 0 Å². The average Bonchev–Trinajstić information content (AvgIpc) is 2.36. The van der Waals surface area contributed by atoms with Gasteiger partial charge in [0.05, 0.1) is 23.6 Å². The number of ether oxygens (including phenoxy) is 1. The van der Waals surface area contributed by atoms with E-state index in [0.717, 1.165) is 30.3 Å². The van der Waals surface area contributed by atoms with E-state index in [-0.39, 0.29) is 12.2 Å². The van der Waals surface area contributed by atoms with Gasteiger partial charge in [-0.2, -0.15) is 0 Å². The first kappa shape index (κ1) is 12.6. The molecule has 0 aliphatic carbocycles. The van der Waals surface area contributed by atoms with Crippen LogP contribution in [0.5, 0.6) is 0 Å². The normalized spacial score (nSPS) is 26.6. The zero-order valence-corrected chi connectivity index (χ0v) is 11.9. The van der Waals surface area contributed by atoms with Crippen LogP contribution in [0.3, 0.4) is 0 Å². The van der Waals surface area contributed by atoms with E-state index in [2.05, 4.69) is 29.4 Å². The number of hydrogen-bond donors (Lipinski definition) is 2. The van der Waals surface area contributed by atoms with E-state index in [1.165, 1.54) is 0 Å². The SMILES string of the molecule is CC1CN(C2=C(Cl)Nc3ccccc3N2)CC(C)O1. The van der Waals surface area contributed by atoms with Gasteiger partial charge in [-0.15, -0.1) is 0 Å². The quantitative estimate of drug-likeness (QED) is 0.775. The highest BCUT2D eigenvalue weighted by atomic mass is 35.5. The smallest absolute Gasteiger partial charge is 0.147 e. The van der Waals surface area contributed by atoms with E-state index in [4.69, 9.17) is 16.3 Å². The highest BCUT2D eigenvalue weighted by Gasteiger charge is 2.27. The molecule has 102 valence electrons. The maximum atomic E-state index is 6.36. The number of para-hydroxylation sites is 2. The van der Waals surface area contributed by atoms with Gasteiger partial charge in [0.2, 0.25) is 0 Å². The van der Waals surface area contributed by atoms with E-state index >= 15 is 0 Å². The molecule has 1 fully saturated rings. The summed E-state index contributed by atoms with van der Waals surface area (Å²) < 4.78 is 5.76. The Morgan fingerprint density at radius 1 is 1.11 bits per heavy atom. The summed E-state index contributed by atoms with van der Waals surface area (Å²) in [6, 6.07) is 8.04. The number of nitrogens with one attached hydrogen (secondary N) is 2. The third-order valence-corrected chi connectivity index (χ3v) is 3.64. The summed E-state index contributed by atoms with van der Waals surface area (Å²) in [6.07, 6.45) is 0.416. The van der Waals surface area contributed by atoms with Gasteiger partial charge in [0, 0.05) is 13.1 Å². The van der Waals surface area contributed by atoms with Crippen molar-refractivity contribution < 1.29 is 4.74 Å². The summed E-state index contributed by atoms with van der Waals surface area (Å²) in [5, 5.41) is 7.29. The Labute approximate surface area is 118 Å². The van der Waals surface area contributed by atoms with Crippen molar-refractivity contribution in [2.24, 2.45) is 0 Å². The van der Waals surface area contributed by atoms with Crippen LogP contribution in [0, 0.1) is 0 Å². The zero-order valence-electron chi connectivity index (χ0n) is 11.1. The molecule has 0 amide bonds. The number of morpholine rings is 1. The standard InChI is InChI=1S/C14H18ClN3O/c1-9-7-18(8-10(2)19-9)14-13(15)16-11-5-3-4-6-12(11)17-14/h3-6,9-10,16-17H,7-8H2,1-2H3. The Kier molecular flexibility index (Phi) is 3.29. The molecule has 1 aromatic carbocycles. The lowest BCUT2D eigenvalue weighted by molar-refractivity contribution is -0.0575. The lowest BCUT2D eigenvalue weighted by Crippen LogP contribution is -2.47. The van der Waals surface area contributed by atoms with Gasteiger partial charge >= 0.3 is 0 Å². The maximum Gasteiger partial charge on any atom is 0.147 e. The topological polar surface area (TPSA) is 36.5 Å². The van der Waals surface area contributed by atoms with Crippen molar-refractivity contribution in [1.82, 2.24) is 4.90 Å². The molecule has 2 N–H and O–H groups in total. The highest BCUT2D eigenvalue weighted by molar-refractivity contribution is 6.31. The molecule has 2 aliphatic rings. The van der Waals surface area contributed by atoms with Crippen molar-refractivity contribution in [2.45, 2.75) is 26.1 Å². The van der Waals surface area contributed by atoms with Crippen molar-refractivity contribution in [3.63, 3.8) is 0 Å². The van der Waals surface area contributed by atoms with Crippen molar-refractivity contribution >= 4 is 23.0 Å². The van der Waals surface area contributed by atoms with Crippen LogP contribution >= 0.6 is 11.6 Å². The Morgan fingerprint density at radius 2 is 1.68 bits per heavy atom. The molecule has 19 heavy (non-hydrogen) atoms. The van der Waals surface area contributed by atoms with Crippen LogP contribution < -0.4 is 10.6 Å². The van der Waals surface area contributed by atoms with E-state index in [1.807, 2.05) is 24.3 Å². The van der Waals surface area contributed by atoms with Gasteiger partial charge < -0.3 is 20.3 Å². The Morgan fingerprint density at radius 3 is 2.32 bits per heavy atom. The molecule has 0 bridgehead atoms. The second kappa shape index (κ2) is 4.94. The molecule has 1 saturated heterocycles. The molecule has 1 aromatic rings. The van der Waals surface area contributed by atoms with Crippen LogP contribution in [-0.2, 0) is 4.74 Å². The fourth-order valence-electron chi connectivity index (χ4n) is 2.64. The molecule has 0 saturated carbocycles. The third kappa shape index (κ3) is 2.51. The maximum absolute atomic E-state index is 6.36. The van der Waals surface area contributed by atoms with E-state index in [1.54, 1.807) is 0 Å². The number of hydrogen-bond acceptors (Lipinski definition) is 4. The molecule has 2 unspecified atom stereocenters. The largest absolute Gasteiger partial charge is 0.372 e. The minimum absolute atomic E-state index is 0.208. The number of benzene rings is 1. The second-order valence-corrected chi connectivity index (χ2v) is 5.50. The Balaban J connectivity index is 1.85. The number of fused-ring (bicyclic) bond motifs is 1. The predicted molar refractivity (Wildman–Crippen MR) is 78.1 cm³/mol. The monoisotopic (exact) mass is 279 g/mol. The van der Waals surface area contributed by atoms with Crippen molar-refractivity contribution in [3.8, 4) is 0 Å². The lowest BCUT2D eigenvalue weighted by atomic mass is 10.2. The first-order valence-corrected chi connectivity index (χ1v) is 6.94. The molecule has 4 nitrogen and oxygen atoms in total. The van der Waals surface area contributed by atoms with Gasteiger partial charge in [0.1, 0.15) is 11.0 Å². The summed E-state index contributed by atoms with van der Waals surface area (Å²) in [4.78, 5) is 2.24. The fourth-order valence-corrected chi connectivity index (χ4v) is 2.91. The molecule has 0 spiro atoms. The average molecular weight is 280 g/mol. The zero-order chi connectivity index (χ0) is 13.4. The Bertz CT molecular complexity index is 507. The van der Waals surface area contributed by atoms with Crippen LogP contribution in [0.25, 0.3) is 0 Å². The summed E-state index contributed by atoms with van der Waals surface area (Å²) in [6.45, 7) is 5.85. The molecule has 3 rings (SSSR count). The van der Waals surface area contributed by atoms with Crippen LogP contribution in [0.2, 0.25) is 0 Å². The van der Waals surface area contributed by atoms with Crippen molar-refractivity contribution in [1.29, 1.82) is 0 Å². The number of halogens is 1. The first-order chi connectivity index (χ1) is 9.13. The van der Waals surface area contributed by atoms with Crippen molar-refractivity contribution in [3.05, 3.63) is 35.2 Å². The molecule has 0 aromatic heterocycles. The van der Waals surface area contributed by atoms with Crippen LogP contribution in [0.4, 0.5) is 11.4 Å². The minimum atomic E-state index is 0.208. The second-order valence-electron chi connectivity index (χ2n) is 5.12. The minimum Gasteiger partial charge on any atom is -0.372 e. The Hall–Kier alpha value is -1.39. The summed E-state index contributed by atoms with van der Waals surface area (Å²) in [5.74, 6) is 0.933. The fraction of sp³-hybridized carbons (Fsp3) is 0.429. The van der Waals surface area contributed by atoms with Gasteiger partial charge in [0.15, 0.2) is 0 Å².